The summed E-state index contributed by atoms with van der Waals surface area (Å²) in [7, 11) is 0. The van der Waals surface area contributed by atoms with Gasteiger partial charge in [-0.2, -0.15) is 0 Å². The third-order valence-corrected chi connectivity index (χ3v) is 16.8. The van der Waals surface area contributed by atoms with E-state index in [9.17, 15) is 0 Å². The maximum atomic E-state index is 2.54. The van der Waals surface area contributed by atoms with Gasteiger partial charge in [-0.05, 0) is 212 Å². The number of rotatable bonds is 5. The highest BCUT2D eigenvalue weighted by molar-refractivity contribution is 6.34. The third-order valence-electron chi connectivity index (χ3n) is 16.8. The van der Waals surface area contributed by atoms with Crippen molar-refractivity contribution in [3.63, 3.8) is 0 Å². The van der Waals surface area contributed by atoms with Crippen molar-refractivity contribution in [3.05, 3.63) is 255 Å². The minimum atomic E-state index is 1.21. The Morgan fingerprint density at radius 1 is 0.149 bits per heavy atom. The normalized spacial score (nSPS) is 12.3. The molecule has 2 aliphatic rings. The first kappa shape index (κ1) is 40.0. The lowest BCUT2D eigenvalue weighted by Gasteiger charge is -2.21. The largest absolute Gasteiger partial charge is 0.0622 e. The smallest absolute Gasteiger partial charge is 0.000741 e. The summed E-state index contributed by atoms with van der Waals surface area (Å²) in [6.07, 6.45) is 0. The second-order valence-electron chi connectivity index (χ2n) is 20.5. The first-order chi connectivity index (χ1) is 36.7. The van der Waals surface area contributed by atoms with Crippen LogP contribution in [0.2, 0.25) is 0 Å². The van der Waals surface area contributed by atoms with Gasteiger partial charge < -0.3 is 0 Å². The van der Waals surface area contributed by atoms with Crippen molar-refractivity contribution in [1.82, 2.24) is 0 Å². The quantitative estimate of drug-likeness (QED) is 0.119. The van der Waals surface area contributed by atoms with Crippen LogP contribution in [0, 0.1) is 0 Å². The lowest BCUT2D eigenvalue weighted by atomic mass is 9.81. The van der Waals surface area contributed by atoms with Crippen molar-refractivity contribution >= 4 is 75.4 Å². The Labute approximate surface area is 428 Å². The van der Waals surface area contributed by atoms with Crippen LogP contribution in [0.4, 0.5) is 0 Å². The predicted molar refractivity (Wildman–Crippen MR) is 316 cm³/mol. The average molecular weight is 931 g/mol. The fraction of sp³-hybridized carbons (Fsp3) is 0. The molecule has 15 aromatic rings. The molecule has 0 N–H and O–H groups in total. The molecule has 0 unspecified atom stereocenters. The van der Waals surface area contributed by atoms with Gasteiger partial charge in [0.05, 0.1) is 0 Å². The van der Waals surface area contributed by atoms with E-state index in [1.165, 1.54) is 176 Å². The molecule has 0 saturated carbocycles. The van der Waals surface area contributed by atoms with Crippen LogP contribution in [0.15, 0.2) is 255 Å². The van der Waals surface area contributed by atoms with E-state index >= 15 is 0 Å². The standard InChI is InChI=1S/C74H42/c1-5-17-43(18-6-1)66-53-27-13-14-28-54(53)67(44-19-7-2-8-20-44)64-42-60-59(41-63(64)66)55-35-33-48-31-32-50-37-51(38-52-40-62(60)72(55)71(48)65(50)52)49-34-36-56-61(39-49)70(47-23-11-4-12-24-47)74-58-30-16-26-45-25-15-29-57(68(45)58)73(74)69(56)46-21-9-3-10-22-46/h1-42H. The zero-order valence-electron chi connectivity index (χ0n) is 40.2. The van der Waals surface area contributed by atoms with Crippen LogP contribution in [-0.4, -0.2) is 0 Å². The summed E-state index contributed by atoms with van der Waals surface area (Å²) in [5.41, 5.74) is 23.1. The van der Waals surface area contributed by atoms with Gasteiger partial charge in [-0.3, -0.25) is 0 Å². The summed E-state index contributed by atoms with van der Waals surface area (Å²) in [6, 6.07) is 96.1. The summed E-state index contributed by atoms with van der Waals surface area (Å²) in [6.45, 7) is 0. The van der Waals surface area contributed by atoms with Crippen molar-refractivity contribution in [3.8, 4) is 100 Å². The Bertz CT molecular complexity index is 4890. The first-order valence-corrected chi connectivity index (χ1v) is 25.9. The van der Waals surface area contributed by atoms with Crippen molar-refractivity contribution in [2.45, 2.75) is 0 Å². The summed E-state index contributed by atoms with van der Waals surface area (Å²) in [5.74, 6) is 0. The molecular formula is C74H42. The lowest BCUT2D eigenvalue weighted by Crippen LogP contribution is -1.94. The highest BCUT2D eigenvalue weighted by atomic mass is 14.3. The van der Waals surface area contributed by atoms with Crippen LogP contribution in [-0.2, 0) is 0 Å². The molecule has 0 nitrogen and oxygen atoms in total. The maximum absolute atomic E-state index is 2.54. The Balaban J connectivity index is 0.939. The maximum Gasteiger partial charge on any atom is -0.000741 e. The van der Waals surface area contributed by atoms with Crippen LogP contribution in [0.5, 0.6) is 0 Å². The number of hydrogen-bond donors (Lipinski definition) is 0. The zero-order valence-corrected chi connectivity index (χ0v) is 40.2. The Morgan fingerprint density at radius 2 is 0.608 bits per heavy atom. The molecule has 74 heavy (non-hydrogen) atoms. The van der Waals surface area contributed by atoms with Gasteiger partial charge in [0.1, 0.15) is 0 Å². The number of benzene rings is 15. The second kappa shape index (κ2) is 15.0. The van der Waals surface area contributed by atoms with Gasteiger partial charge >= 0.3 is 0 Å². The van der Waals surface area contributed by atoms with Gasteiger partial charge in [-0.25, -0.2) is 0 Å². The molecule has 0 heteroatoms. The average Bonchev–Trinajstić information content (AvgIpc) is 3.96. The molecule has 0 heterocycles. The van der Waals surface area contributed by atoms with E-state index in [-0.39, 0.29) is 0 Å². The summed E-state index contributed by atoms with van der Waals surface area (Å²) >= 11 is 0. The monoisotopic (exact) mass is 930 g/mol. The number of hydrogen-bond acceptors (Lipinski definition) is 0. The Morgan fingerprint density at radius 3 is 1.20 bits per heavy atom. The van der Waals surface area contributed by atoms with E-state index in [0.29, 0.717) is 0 Å². The molecule has 0 atom stereocenters. The molecule has 0 fully saturated rings. The molecule has 338 valence electrons. The first-order valence-electron chi connectivity index (χ1n) is 25.9. The summed E-state index contributed by atoms with van der Waals surface area (Å²) in [4.78, 5) is 0. The van der Waals surface area contributed by atoms with Gasteiger partial charge in [0.25, 0.3) is 0 Å². The molecule has 17 rings (SSSR count). The molecule has 0 saturated heterocycles. The predicted octanol–water partition coefficient (Wildman–Crippen LogP) is 20.8. The van der Waals surface area contributed by atoms with E-state index < -0.39 is 0 Å². The molecular weight excluding hydrogens is 889 g/mol. The van der Waals surface area contributed by atoms with Gasteiger partial charge in [0.15, 0.2) is 0 Å². The molecule has 0 bridgehead atoms. The molecule has 15 aromatic carbocycles. The highest BCUT2D eigenvalue weighted by Gasteiger charge is 2.32. The van der Waals surface area contributed by atoms with Crippen LogP contribution in [0.1, 0.15) is 0 Å². The van der Waals surface area contributed by atoms with E-state index in [4.69, 9.17) is 0 Å². The van der Waals surface area contributed by atoms with Crippen LogP contribution in [0.3, 0.4) is 0 Å². The van der Waals surface area contributed by atoms with Crippen molar-refractivity contribution in [2.24, 2.45) is 0 Å². The minimum Gasteiger partial charge on any atom is -0.0622 e. The van der Waals surface area contributed by atoms with Crippen LogP contribution in [0.25, 0.3) is 176 Å². The minimum absolute atomic E-state index is 1.21. The van der Waals surface area contributed by atoms with E-state index in [0.717, 1.165) is 0 Å². The molecule has 0 spiro atoms. The van der Waals surface area contributed by atoms with E-state index in [1.807, 2.05) is 0 Å². The fourth-order valence-corrected chi connectivity index (χ4v) is 13.8. The highest BCUT2D eigenvalue weighted by Crippen LogP contribution is 2.59. The van der Waals surface area contributed by atoms with Crippen molar-refractivity contribution in [2.75, 3.05) is 0 Å². The van der Waals surface area contributed by atoms with Crippen molar-refractivity contribution < 1.29 is 0 Å². The summed E-state index contributed by atoms with van der Waals surface area (Å²) < 4.78 is 0. The van der Waals surface area contributed by atoms with Crippen LogP contribution < -0.4 is 0 Å². The van der Waals surface area contributed by atoms with Crippen LogP contribution >= 0.6 is 0 Å². The molecule has 0 aliphatic heterocycles. The van der Waals surface area contributed by atoms with Gasteiger partial charge in [-0.1, -0.05) is 218 Å². The summed E-state index contributed by atoms with van der Waals surface area (Å²) in [5, 5.41) is 18.1. The van der Waals surface area contributed by atoms with E-state index in [2.05, 4.69) is 255 Å². The molecule has 2 aliphatic carbocycles. The van der Waals surface area contributed by atoms with Gasteiger partial charge in [-0.15, -0.1) is 0 Å². The fourth-order valence-electron chi connectivity index (χ4n) is 13.8. The third kappa shape index (κ3) is 5.41. The zero-order chi connectivity index (χ0) is 48.2. The number of fused-ring (bicyclic) bond motifs is 9. The van der Waals surface area contributed by atoms with Crippen molar-refractivity contribution in [1.29, 1.82) is 0 Å². The SMILES string of the molecule is c1ccc(-c2c3c(c(-c4ccccc4)c4cc(-c5cc6ccc7ccc8c9c(cc(c5)c6c79)-c5cc6c(-c7ccccc7)c7ccccc7c(-c7ccccc7)c6cc5-8)ccc24)-c2cccc4cccc-3c24)cc1. The molecule has 0 aromatic heterocycles. The lowest BCUT2D eigenvalue weighted by molar-refractivity contribution is 1.62. The second-order valence-corrected chi connectivity index (χ2v) is 20.5. The van der Waals surface area contributed by atoms with E-state index in [1.54, 1.807) is 0 Å². The van der Waals surface area contributed by atoms with Gasteiger partial charge in [0.2, 0.25) is 0 Å². The topological polar surface area (TPSA) is 0 Å². The molecule has 0 amide bonds. The Hall–Kier alpha value is -9.62. The van der Waals surface area contributed by atoms with Gasteiger partial charge in [0, 0.05) is 0 Å². The Kier molecular flexibility index (Phi) is 8.09. The molecule has 0 radical (unpaired) electrons.